The maximum absolute atomic E-state index is 14.5. The molecule has 1 amide bonds. The number of morpholine rings is 1. The van der Waals surface area contributed by atoms with Gasteiger partial charge in [-0.15, -0.1) is 0 Å². The van der Waals surface area contributed by atoms with E-state index in [2.05, 4.69) is 20.8 Å². The van der Waals surface area contributed by atoms with Gasteiger partial charge >= 0.3 is 0 Å². The highest BCUT2D eigenvalue weighted by molar-refractivity contribution is 7.89. The number of sulfonamides is 1. The van der Waals surface area contributed by atoms with Gasteiger partial charge in [0, 0.05) is 31.2 Å². The summed E-state index contributed by atoms with van der Waals surface area (Å²) in [5.41, 5.74) is 0.470. The monoisotopic (exact) mass is 424 g/mol. The average molecular weight is 425 g/mol. The molecule has 1 aromatic carbocycles. The minimum atomic E-state index is -4.01. The summed E-state index contributed by atoms with van der Waals surface area (Å²) in [5, 5.41) is 0. The summed E-state index contributed by atoms with van der Waals surface area (Å²) in [5.74, 6) is -1.05. The number of carbonyl (C=O) groups is 1. The van der Waals surface area contributed by atoms with Gasteiger partial charge in [0.15, 0.2) is 0 Å². The molecule has 6 nitrogen and oxygen atoms in total. The molecule has 8 heteroatoms. The number of carbonyl (C=O) groups excluding carboxylic acids is 1. The summed E-state index contributed by atoms with van der Waals surface area (Å²) in [6.45, 7) is 8.26. The molecule has 2 atom stereocenters. The van der Waals surface area contributed by atoms with Gasteiger partial charge in [0.1, 0.15) is 10.7 Å². The maximum atomic E-state index is 14.5. The van der Waals surface area contributed by atoms with E-state index in [1.807, 2.05) is 4.90 Å². The van der Waals surface area contributed by atoms with Crippen LogP contribution in [0.3, 0.4) is 0 Å². The molecule has 1 aliphatic carbocycles. The van der Waals surface area contributed by atoms with E-state index in [-0.39, 0.29) is 54.6 Å². The van der Waals surface area contributed by atoms with Gasteiger partial charge in [-0.2, -0.15) is 4.31 Å². The number of halogens is 1. The van der Waals surface area contributed by atoms with E-state index in [4.69, 9.17) is 4.74 Å². The number of rotatable bonds is 3. The third-order valence-electron chi connectivity index (χ3n) is 6.44. The van der Waals surface area contributed by atoms with Crippen LogP contribution < -0.4 is 0 Å². The van der Waals surface area contributed by atoms with Gasteiger partial charge in [0.2, 0.25) is 10.0 Å². The molecular weight excluding hydrogens is 395 g/mol. The van der Waals surface area contributed by atoms with E-state index < -0.39 is 20.7 Å². The molecule has 3 aliphatic rings. The van der Waals surface area contributed by atoms with Crippen LogP contribution in [0.2, 0.25) is 0 Å². The van der Waals surface area contributed by atoms with Crippen LogP contribution in [-0.4, -0.2) is 62.4 Å². The largest absolute Gasteiger partial charge is 0.379 e. The molecule has 0 aromatic heterocycles. The van der Waals surface area contributed by atoms with Gasteiger partial charge in [-0.25, -0.2) is 12.8 Å². The molecule has 3 fully saturated rings. The second-order valence-electron chi connectivity index (χ2n) is 9.81. The van der Waals surface area contributed by atoms with Crippen molar-refractivity contribution in [3.05, 3.63) is 29.6 Å². The number of fused-ring (bicyclic) bond motifs is 2. The number of hydrogen-bond acceptors (Lipinski definition) is 4. The summed E-state index contributed by atoms with van der Waals surface area (Å²) in [7, 11) is -4.01. The molecule has 1 aromatic rings. The van der Waals surface area contributed by atoms with E-state index in [9.17, 15) is 17.6 Å². The third-order valence-corrected chi connectivity index (χ3v) is 8.36. The summed E-state index contributed by atoms with van der Waals surface area (Å²) in [4.78, 5) is 14.7. The van der Waals surface area contributed by atoms with Gasteiger partial charge in [0.05, 0.1) is 13.2 Å². The zero-order valence-electron chi connectivity index (χ0n) is 17.3. The molecule has 0 N–H and O–H groups in total. The molecule has 0 spiro atoms. The second-order valence-corrected chi connectivity index (χ2v) is 11.7. The van der Waals surface area contributed by atoms with Crippen molar-refractivity contribution >= 4 is 15.9 Å². The highest BCUT2D eigenvalue weighted by Gasteiger charge is 2.51. The maximum Gasteiger partial charge on any atom is 0.254 e. The first-order valence-corrected chi connectivity index (χ1v) is 11.6. The van der Waals surface area contributed by atoms with Crippen LogP contribution in [0.25, 0.3) is 0 Å². The molecule has 2 aliphatic heterocycles. The zero-order valence-corrected chi connectivity index (χ0v) is 18.1. The highest BCUT2D eigenvalue weighted by atomic mass is 32.2. The first-order chi connectivity index (χ1) is 13.5. The lowest BCUT2D eigenvalue weighted by molar-refractivity contribution is 0.0706. The summed E-state index contributed by atoms with van der Waals surface area (Å²) in [6.07, 6.45) is 2.94. The quantitative estimate of drug-likeness (QED) is 0.748. The zero-order chi connectivity index (χ0) is 21.0. The SMILES string of the molecule is CC1(C)CC2CC(C)(CN2C(=O)c2ccc(F)c(S(=O)(=O)N3CCOCC3)c2)C1. The first-order valence-electron chi connectivity index (χ1n) is 10.2. The standard InChI is InChI=1S/C21H29FN2O4S/c1-20(2)11-16-12-21(3,13-20)14-24(16)19(25)15-4-5-17(22)18(10-15)29(26,27)23-6-8-28-9-7-23/h4-5,10,16H,6-9,11-14H2,1-3H3. The van der Waals surface area contributed by atoms with Crippen LogP contribution in [0.1, 0.15) is 50.4 Å². The van der Waals surface area contributed by atoms with Crippen LogP contribution >= 0.6 is 0 Å². The minimum absolute atomic E-state index is 0.0742. The molecule has 1 saturated carbocycles. The molecule has 2 saturated heterocycles. The Labute approximate surface area is 172 Å². The highest BCUT2D eigenvalue weighted by Crippen LogP contribution is 2.52. The molecule has 2 unspecified atom stereocenters. The minimum Gasteiger partial charge on any atom is -0.379 e. The van der Waals surface area contributed by atoms with Gasteiger partial charge in [0.25, 0.3) is 5.91 Å². The van der Waals surface area contributed by atoms with Gasteiger partial charge in [-0.05, 0) is 48.3 Å². The second kappa shape index (κ2) is 7.03. The number of likely N-dealkylation sites (tertiary alicyclic amines) is 1. The van der Waals surface area contributed by atoms with Crippen molar-refractivity contribution in [2.45, 2.75) is 51.0 Å². The Morgan fingerprint density at radius 3 is 2.55 bits per heavy atom. The Balaban J connectivity index is 1.63. The van der Waals surface area contributed by atoms with Crippen molar-refractivity contribution in [2.24, 2.45) is 10.8 Å². The number of hydrogen-bond donors (Lipinski definition) is 0. The van der Waals surface area contributed by atoms with E-state index in [0.29, 0.717) is 6.54 Å². The van der Waals surface area contributed by atoms with Gasteiger partial charge < -0.3 is 9.64 Å². The Kier molecular flexibility index (Phi) is 5.03. The first kappa shape index (κ1) is 20.8. The number of nitrogens with zero attached hydrogens (tertiary/aromatic N) is 2. The molecule has 2 heterocycles. The van der Waals surface area contributed by atoms with Crippen LogP contribution in [0.15, 0.2) is 23.1 Å². The van der Waals surface area contributed by atoms with Crippen LogP contribution in [0.5, 0.6) is 0 Å². The Bertz CT molecular complexity index is 927. The van der Waals surface area contributed by atoms with E-state index >= 15 is 0 Å². The lowest BCUT2D eigenvalue weighted by Gasteiger charge is -2.39. The van der Waals surface area contributed by atoms with Crippen molar-refractivity contribution in [1.29, 1.82) is 0 Å². The third kappa shape index (κ3) is 3.82. The van der Waals surface area contributed by atoms with E-state index in [1.165, 1.54) is 16.4 Å². The fraction of sp³-hybridized carbons (Fsp3) is 0.667. The summed E-state index contributed by atoms with van der Waals surface area (Å²) < 4.78 is 46.7. The van der Waals surface area contributed by atoms with Crippen molar-refractivity contribution in [2.75, 3.05) is 32.8 Å². The van der Waals surface area contributed by atoms with Crippen LogP contribution in [-0.2, 0) is 14.8 Å². The van der Waals surface area contributed by atoms with Crippen molar-refractivity contribution in [1.82, 2.24) is 9.21 Å². The van der Waals surface area contributed by atoms with E-state index in [0.717, 1.165) is 25.3 Å². The van der Waals surface area contributed by atoms with Crippen LogP contribution in [0.4, 0.5) is 4.39 Å². The lowest BCUT2D eigenvalue weighted by atomic mass is 9.65. The van der Waals surface area contributed by atoms with Crippen molar-refractivity contribution in [3.63, 3.8) is 0 Å². The number of amides is 1. The fourth-order valence-electron chi connectivity index (χ4n) is 5.62. The molecule has 4 rings (SSSR count). The summed E-state index contributed by atoms with van der Waals surface area (Å²) >= 11 is 0. The molecular formula is C21H29FN2O4S. The average Bonchev–Trinajstić information content (AvgIpc) is 2.90. The van der Waals surface area contributed by atoms with Crippen molar-refractivity contribution < 1.29 is 22.3 Å². The van der Waals surface area contributed by atoms with Crippen LogP contribution in [0, 0.1) is 16.6 Å². The van der Waals surface area contributed by atoms with Gasteiger partial charge in [-0.1, -0.05) is 20.8 Å². The Morgan fingerprint density at radius 2 is 1.86 bits per heavy atom. The Hall–Kier alpha value is -1.51. The smallest absolute Gasteiger partial charge is 0.254 e. The van der Waals surface area contributed by atoms with Gasteiger partial charge in [-0.3, -0.25) is 4.79 Å². The fourth-order valence-corrected chi connectivity index (χ4v) is 7.12. The van der Waals surface area contributed by atoms with Crippen molar-refractivity contribution in [3.8, 4) is 0 Å². The number of ether oxygens (including phenoxy) is 1. The topological polar surface area (TPSA) is 66.9 Å². The molecule has 2 bridgehead atoms. The predicted molar refractivity (Wildman–Crippen MR) is 107 cm³/mol. The molecule has 29 heavy (non-hydrogen) atoms. The number of benzene rings is 1. The predicted octanol–water partition coefficient (Wildman–Crippen LogP) is 2.89. The van der Waals surface area contributed by atoms with E-state index in [1.54, 1.807) is 0 Å². The molecule has 160 valence electrons. The molecule has 0 radical (unpaired) electrons. The summed E-state index contributed by atoms with van der Waals surface area (Å²) in [6, 6.07) is 3.83. The lowest BCUT2D eigenvalue weighted by Crippen LogP contribution is -2.41. The normalized spacial score (nSPS) is 29.8. The Morgan fingerprint density at radius 1 is 1.17 bits per heavy atom.